The summed E-state index contributed by atoms with van der Waals surface area (Å²) in [4.78, 5) is 21.2. The molecule has 0 radical (unpaired) electrons. The molecule has 0 amide bonds. The van der Waals surface area contributed by atoms with E-state index in [4.69, 9.17) is 0 Å². The molecule has 2 unspecified atom stereocenters. The van der Waals surface area contributed by atoms with E-state index in [-0.39, 0.29) is 35.3 Å². The first-order valence-electron chi connectivity index (χ1n) is 3.73. The maximum absolute atomic E-state index is 10.7. The summed E-state index contributed by atoms with van der Waals surface area (Å²) >= 11 is 0. The van der Waals surface area contributed by atoms with Crippen LogP contribution in [-0.4, -0.2) is 11.4 Å². The van der Waals surface area contributed by atoms with Crippen LogP contribution in [0, 0.1) is 0 Å². The van der Waals surface area contributed by atoms with Gasteiger partial charge < -0.3 is 4.89 Å². The minimum atomic E-state index is -2.56. The van der Waals surface area contributed by atoms with Gasteiger partial charge in [0.2, 0.25) is 5.66 Å². The van der Waals surface area contributed by atoms with E-state index in [1.165, 1.54) is 6.92 Å². The van der Waals surface area contributed by atoms with E-state index in [0.29, 0.717) is 6.42 Å². The Balaban J connectivity index is 0. The standard InChI is InChI=1S/C7H13O3P.Na/c1-3-4-5-7(6(2)8)11(9)10;/h7H,3-5H2,1-2H3;/q;+1. The van der Waals surface area contributed by atoms with Gasteiger partial charge in [0.15, 0.2) is 5.78 Å². The van der Waals surface area contributed by atoms with Crippen LogP contribution in [0.1, 0.15) is 33.1 Å². The van der Waals surface area contributed by atoms with E-state index in [2.05, 4.69) is 0 Å². The van der Waals surface area contributed by atoms with Crippen molar-refractivity contribution in [2.75, 3.05) is 0 Å². The monoisotopic (exact) mass is 199 g/mol. The number of hydrogen-bond acceptors (Lipinski definition) is 3. The van der Waals surface area contributed by atoms with Crippen LogP contribution in [0.4, 0.5) is 0 Å². The van der Waals surface area contributed by atoms with Crippen molar-refractivity contribution in [2.24, 2.45) is 0 Å². The second-order valence-electron chi connectivity index (χ2n) is 2.55. The van der Waals surface area contributed by atoms with Crippen molar-refractivity contribution in [1.82, 2.24) is 0 Å². The zero-order valence-corrected chi connectivity index (χ0v) is 10.8. The fourth-order valence-electron chi connectivity index (χ4n) is 0.855. The largest absolute Gasteiger partial charge is 1.00 e. The minimum absolute atomic E-state index is 0. The zero-order valence-electron chi connectivity index (χ0n) is 7.87. The Hall–Kier alpha value is 0.730. The van der Waals surface area contributed by atoms with E-state index in [1.807, 2.05) is 6.92 Å². The summed E-state index contributed by atoms with van der Waals surface area (Å²) in [5.41, 5.74) is -0.745. The summed E-state index contributed by atoms with van der Waals surface area (Å²) in [7, 11) is -2.56. The molecule has 0 rings (SSSR count). The van der Waals surface area contributed by atoms with Gasteiger partial charge in [-0.1, -0.05) is 17.9 Å². The third-order valence-electron chi connectivity index (χ3n) is 1.55. The van der Waals surface area contributed by atoms with Gasteiger partial charge in [-0.05, 0) is 13.3 Å². The SMILES string of the molecule is CCCCC(C(C)=O)[P+](=O)[O-].[Na+]. The minimum Gasteiger partial charge on any atom is -0.595 e. The van der Waals surface area contributed by atoms with Crippen LogP contribution in [-0.2, 0) is 9.36 Å². The van der Waals surface area contributed by atoms with E-state index in [1.54, 1.807) is 0 Å². The van der Waals surface area contributed by atoms with E-state index >= 15 is 0 Å². The molecular weight excluding hydrogens is 186 g/mol. The predicted molar refractivity (Wildman–Crippen MR) is 41.6 cm³/mol. The van der Waals surface area contributed by atoms with Gasteiger partial charge in [-0.15, -0.1) is 0 Å². The van der Waals surface area contributed by atoms with Gasteiger partial charge in [-0.2, -0.15) is 0 Å². The number of rotatable bonds is 5. The first kappa shape index (κ1) is 15.2. The molecule has 0 saturated heterocycles. The number of Topliss-reactive ketones (excluding diaryl/α,β-unsaturated/α-hetero) is 1. The second-order valence-corrected chi connectivity index (χ2v) is 3.75. The third kappa shape index (κ3) is 6.27. The maximum atomic E-state index is 10.7. The summed E-state index contributed by atoms with van der Waals surface area (Å²) in [6.07, 6.45) is 2.20. The molecule has 0 aliphatic heterocycles. The first-order valence-corrected chi connectivity index (χ1v) is 4.98. The molecule has 0 aliphatic carbocycles. The number of hydrogen-bond donors (Lipinski definition) is 0. The Morgan fingerprint density at radius 2 is 2.08 bits per heavy atom. The van der Waals surface area contributed by atoms with Crippen LogP contribution in [0.25, 0.3) is 0 Å². The van der Waals surface area contributed by atoms with Crippen molar-refractivity contribution in [3.63, 3.8) is 0 Å². The van der Waals surface area contributed by atoms with Crippen molar-refractivity contribution in [1.29, 1.82) is 0 Å². The normalized spacial score (nSPS) is 13.1. The van der Waals surface area contributed by atoms with Crippen molar-refractivity contribution >= 4 is 13.8 Å². The molecule has 5 heteroatoms. The van der Waals surface area contributed by atoms with Crippen LogP contribution in [0.15, 0.2) is 0 Å². The van der Waals surface area contributed by atoms with Crippen molar-refractivity contribution in [3.8, 4) is 0 Å². The van der Waals surface area contributed by atoms with Crippen molar-refractivity contribution in [3.05, 3.63) is 0 Å². The van der Waals surface area contributed by atoms with E-state index < -0.39 is 13.7 Å². The molecule has 0 aromatic carbocycles. The average molecular weight is 199 g/mol. The quantitative estimate of drug-likeness (QED) is 0.389. The van der Waals surface area contributed by atoms with Gasteiger partial charge in [0.25, 0.3) is 0 Å². The van der Waals surface area contributed by atoms with Crippen LogP contribution >= 0.6 is 8.03 Å². The number of unbranched alkanes of at least 4 members (excludes halogenated alkanes) is 1. The molecule has 0 spiro atoms. The number of ketones is 1. The van der Waals surface area contributed by atoms with Crippen molar-refractivity contribution < 1.29 is 43.8 Å². The Kier molecular flexibility index (Phi) is 10.6. The summed E-state index contributed by atoms with van der Waals surface area (Å²) in [6, 6.07) is 0. The Bertz CT molecular complexity index is 147. The molecule has 0 saturated carbocycles. The topological polar surface area (TPSA) is 57.2 Å². The molecule has 12 heavy (non-hydrogen) atoms. The molecular formula is C7H13NaO3P+. The molecule has 0 aromatic rings. The molecule has 0 bridgehead atoms. The summed E-state index contributed by atoms with van der Waals surface area (Å²) in [6.45, 7) is 3.29. The predicted octanol–water partition coefficient (Wildman–Crippen LogP) is -1.76. The molecule has 2 atom stereocenters. The molecule has 0 aliphatic rings. The van der Waals surface area contributed by atoms with Gasteiger partial charge >= 0.3 is 37.6 Å². The molecule has 0 heterocycles. The maximum Gasteiger partial charge on any atom is 1.00 e. The summed E-state index contributed by atoms with van der Waals surface area (Å²) < 4.78 is 10.5. The molecule has 0 fully saturated rings. The Morgan fingerprint density at radius 3 is 2.33 bits per heavy atom. The molecule has 0 N–H and O–H groups in total. The van der Waals surface area contributed by atoms with Gasteiger partial charge in [-0.3, -0.25) is 4.79 Å². The van der Waals surface area contributed by atoms with E-state index in [9.17, 15) is 14.3 Å². The zero-order chi connectivity index (χ0) is 8.85. The van der Waals surface area contributed by atoms with E-state index in [0.717, 1.165) is 12.8 Å². The van der Waals surface area contributed by atoms with Gasteiger partial charge in [0.1, 0.15) is 0 Å². The number of carbonyl (C=O) groups excluding carboxylic acids is 1. The fourth-order valence-corrected chi connectivity index (χ4v) is 1.54. The summed E-state index contributed by atoms with van der Waals surface area (Å²) in [5.74, 6) is -0.241. The smallest absolute Gasteiger partial charge is 0.595 e. The van der Waals surface area contributed by atoms with Gasteiger partial charge in [0.05, 0.1) is 0 Å². The third-order valence-corrected chi connectivity index (χ3v) is 2.69. The molecule has 0 aromatic heterocycles. The van der Waals surface area contributed by atoms with Crippen LogP contribution in [0.3, 0.4) is 0 Å². The number of carbonyl (C=O) groups is 1. The molecule has 3 nitrogen and oxygen atoms in total. The van der Waals surface area contributed by atoms with Crippen LogP contribution in [0.2, 0.25) is 0 Å². The fraction of sp³-hybridized carbons (Fsp3) is 0.857. The Morgan fingerprint density at radius 1 is 1.58 bits per heavy atom. The molecule has 64 valence electrons. The van der Waals surface area contributed by atoms with Crippen LogP contribution < -0.4 is 34.5 Å². The first-order chi connectivity index (χ1) is 5.09. The van der Waals surface area contributed by atoms with Crippen molar-refractivity contribution in [2.45, 2.75) is 38.8 Å². The average Bonchev–Trinajstić information content (AvgIpc) is 1.87. The van der Waals surface area contributed by atoms with Gasteiger partial charge in [-0.25, -0.2) is 0 Å². The summed E-state index contributed by atoms with van der Waals surface area (Å²) in [5, 5.41) is 0. The second kappa shape index (κ2) is 8.33. The Labute approximate surface area is 96.1 Å². The van der Waals surface area contributed by atoms with Gasteiger partial charge in [0, 0.05) is 6.42 Å². The van der Waals surface area contributed by atoms with Crippen LogP contribution in [0.5, 0.6) is 0 Å².